The summed E-state index contributed by atoms with van der Waals surface area (Å²) in [6.45, 7) is 7.66. The van der Waals surface area contributed by atoms with Gasteiger partial charge in [-0.2, -0.15) is 0 Å². The van der Waals surface area contributed by atoms with Crippen molar-refractivity contribution in [2.75, 3.05) is 40.9 Å². The van der Waals surface area contributed by atoms with Gasteiger partial charge < -0.3 is 9.38 Å². The van der Waals surface area contributed by atoms with E-state index in [-0.39, 0.29) is 13.2 Å². The molecule has 0 aromatic heterocycles. The number of hydrogen-bond donors (Lipinski definition) is 1. The van der Waals surface area contributed by atoms with Crippen LogP contribution in [0.3, 0.4) is 0 Å². The summed E-state index contributed by atoms with van der Waals surface area (Å²) < 4.78 is 22.6. The van der Waals surface area contributed by atoms with Crippen molar-refractivity contribution >= 4 is 7.82 Å². The number of phosphoric acid groups is 1. The average molecular weight is 519 g/mol. The van der Waals surface area contributed by atoms with Gasteiger partial charge >= 0.3 is 7.82 Å². The van der Waals surface area contributed by atoms with Gasteiger partial charge in [0.2, 0.25) is 0 Å². The molecule has 0 saturated carbocycles. The Labute approximate surface area is 219 Å². The molecule has 0 bridgehead atoms. The predicted molar refractivity (Wildman–Crippen MR) is 152 cm³/mol. The largest absolute Gasteiger partial charge is 0.472 e. The van der Waals surface area contributed by atoms with Gasteiger partial charge in [-0.3, -0.25) is 9.05 Å². The van der Waals surface area contributed by atoms with Crippen molar-refractivity contribution in [2.24, 2.45) is 0 Å². The summed E-state index contributed by atoms with van der Waals surface area (Å²) in [6.07, 6.45) is 26.0. The maximum atomic E-state index is 11.9. The Hall–Kier alpha value is -0.190. The van der Waals surface area contributed by atoms with E-state index in [1.54, 1.807) is 0 Å². The van der Waals surface area contributed by atoms with Crippen LogP contribution in [0, 0.1) is 0 Å². The molecule has 1 N–H and O–H groups in total. The highest BCUT2D eigenvalue weighted by atomic mass is 31.2. The smallest absolute Gasteiger partial charge is 0.329 e. The Balaban J connectivity index is 3.37. The quantitative estimate of drug-likeness (QED) is 0.0509. The second kappa shape index (κ2) is 23.0. The number of quaternary nitrogens is 1. The molecule has 5 nitrogen and oxygen atoms in total. The first kappa shape index (κ1) is 34.8. The van der Waals surface area contributed by atoms with Gasteiger partial charge in [0, 0.05) is 0 Å². The fourth-order valence-electron chi connectivity index (χ4n) is 4.17. The molecule has 0 rings (SSSR count). The van der Waals surface area contributed by atoms with Crippen LogP contribution in [0.25, 0.3) is 0 Å². The highest BCUT2D eigenvalue weighted by Gasteiger charge is 2.21. The lowest BCUT2D eigenvalue weighted by atomic mass is 10.0. The standard InChI is InChI=1S/C29H60NO4P/c1-6-7-8-9-10-11-12-13-14-15-16-17-18-19-21-24-29(2)25-22-20-23-27-33-35(31,32)34-28-26-30(3,4)5/h2,6-28H2,1,3-5H3/p+1. The zero-order chi connectivity index (χ0) is 26.3. The summed E-state index contributed by atoms with van der Waals surface area (Å²) in [4.78, 5) is 9.71. The number of unbranched alkanes of at least 4 members (excludes halogenated alkanes) is 16. The van der Waals surface area contributed by atoms with Gasteiger partial charge in [0.05, 0.1) is 27.7 Å². The zero-order valence-corrected chi connectivity index (χ0v) is 24.9. The third-order valence-electron chi connectivity index (χ3n) is 6.58. The molecule has 0 fully saturated rings. The summed E-state index contributed by atoms with van der Waals surface area (Å²) in [6, 6.07) is 0. The lowest BCUT2D eigenvalue weighted by Crippen LogP contribution is -2.37. The second-order valence-electron chi connectivity index (χ2n) is 11.4. The first-order valence-corrected chi connectivity index (χ1v) is 16.2. The molecule has 0 aliphatic carbocycles. The normalized spacial score (nSPS) is 13.7. The highest BCUT2D eigenvalue weighted by Crippen LogP contribution is 2.43. The Bertz CT molecular complexity index is 533. The SMILES string of the molecule is C=C(CCCCCCCCCCCCCCCCC)CCCCCOP(=O)(O)OCC[N+](C)(C)C. The van der Waals surface area contributed by atoms with E-state index in [4.69, 9.17) is 9.05 Å². The van der Waals surface area contributed by atoms with Crippen molar-refractivity contribution in [3.8, 4) is 0 Å². The average Bonchev–Trinajstić information content (AvgIpc) is 2.77. The molecule has 0 saturated heterocycles. The minimum absolute atomic E-state index is 0.219. The maximum Gasteiger partial charge on any atom is 0.472 e. The molecule has 210 valence electrons. The third kappa shape index (κ3) is 28.2. The van der Waals surface area contributed by atoms with Crippen LogP contribution < -0.4 is 0 Å². The number of rotatable bonds is 27. The molecule has 0 aliphatic heterocycles. The lowest BCUT2D eigenvalue weighted by Gasteiger charge is -2.24. The molecule has 1 atom stereocenters. The van der Waals surface area contributed by atoms with E-state index in [1.807, 2.05) is 21.1 Å². The second-order valence-corrected chi connectivity index (χ2v) is 12.9. The number of nitrogens with zero attached hydrogens (tertiary/aromatic N) is 1. The van der Waals surface area contributed by atoms with Gasteiger partial charge in [-0.05, 0) is 32.1 Å². The first-order valence-electron chi connectivity index (χ1n) is 14.8. The summed E-state index contributed by atoms with van der Waals surface area (Å²) in [5.41, 5.74) is 1.34. The topological polar surface area (TPSA) is 55.8 Å². The minimum atomic E-state index is -3.91. The highest BCUT2D eigenvalue weighted by molar-refractivity contribution is 7.47. The molecule has 0 amide bonds. The lowest BCUT2D eigenvalue weighted by molar-refractivity contribution is -0.870. The Morgan fingerprint density at radius 2 is 1.03 bits per heavy atom. The summed E-state index contributed by atoms with van der Waals surface area (Å²) in [5.74, 6) is 0. The molecule has 0 aromatic carbocycles. The van der Waals surface area contributed by atoms with Crippen LogP contribution in [0.2, 0.25) is 0 Å². The van der Waals surface area contributed by atoms with Crippen molar-refractivity contribution in [1.29, 1.82) is 0 Å². The summed E-state index contributed by atoms with van der Waals surface area (Å²) in [5, 5.41) is 0. The van der Waals surface area contributed by atoms with Crippen molar-refractivity contribution in [3.63, 3.8) is 0 Å². The van der Waals surface area contributed by atoms with E-state index in [9.17, 15) is 9.46 Å². The van der Waals surface area contributed by atoms with Gasteiger partial charge in [0.1, 0.15) is 13.2 Å². The molecular formula is C29H61NO4P+. The molecule has 6 heteroatoms. The number of hydrogen-bond acceptors (Lipinski definition) is 3. The van der Waals surface area contributed by atoms with Crippen LogP contribution in [0.4, 0.5) is 0 Å². The van der Waals surface area contributed by atoms with E-state index in [2.05, 4.69) is 13.5 Å². The molecule has 1 unspecified atom stereocenters. The molecule has 0 aromatic rings. The molecule has 0 radical (unpaired) electrons. The fraction of sp³-hybridized carbons (Fsp3) is 0.931. The van der Waals surface area contributed by atoms with Gasteiger partial charge in [-0.1, -0.05) is 115 Å². The van der Waals surface area contributed by atoms with E-state index < -0.39 is 7.82 Å². The minimum Gasteiger partial charge on any atom is -0.329 e. The third-order valence-corrected chi connectivity index (χ3v) is 7.60. The van der Waals surface area contributed by atoms with Gasteiger partial charge in [-0.15, -0.1) is 0 Å². The summed E-state index contributed by atoms with van der Waals surface area (Å²) in [7, 11) is 2.13. The molecular weight excluding hydrogens is 457 g/mol. The van der Waals surface area contributed by atoms with Gasteiger partial charge in [0.15, 0.2) is 0 Å². The molecule has 0 spiro atoms. The molecule has 0 aliphatic rings. The number of likely N-dealkylation sites (N-methyl/N-ethyl adjacent to an activating group) is 1. The fourth-order valence-corrected chi connectivity index (χ4v) is 4.92. The van der Waals surface area contributed by atoms with Gasteiger partial charge in [-0.25, -0.2) is 4.57 Å². The van der Waals surface area contributed by atoms with Crippen LogP contribution in [-0.2, 0) is 13.6 Å². The number of phosphoric ester groups is 1. The Morgan fingerprint density at radius 1 is 0.657 bits per heavy atom. The predicted octanol–water partition coefficient (Wildman–Crippen LogP) is 9.20. The monoisotopic (exact) mass is 518 g/mol. The van der Waals surface area contributed by atoms with Crippen LogP contribution in [0.1, 0.15) is 135 Å². The Kier molecular flexibility index (Phi) is 22.8. The number of allylic oxidation sites excluding steroid dienone is 1. The van der Waals surface area contributed by atoms with E-state index in [1.165, 1.54) is 102 Å². The van der Waals surface area contributed by atoms with Crippen LogP contribution in [-0.4, -0.2) is 50.3 Å². The Morgan fingerprint density at radius 3 is 1.46 bits per heavy atom. The van der Waals surface area contributed by atoms with Crippen LogP contribution >= 0.6 is 7.82 Å². The van der Waals surface area contributed by atoms with Crippen molar-refractivity contribution in [1.82, 2.24) is 0 Å². The van der Waals surface area contributed by atoms with Crippen molar-refractivity contribution in [2.45, 2.75) is 135 Å². The van der Waals surface area contributed by atoms with Crippen molar-refractivity contribution < 1.29 is 23.0 Å². The molecule has 0 heterocycles. The maximum absolute atomic E-state index is 11.9. The summed E-state index contributed by atoms with van der Waals surface area (Å²) >= 11 is 0. The van der Waals surface area contributed by atoms with E-state index in [0.717, 1.165) is 32.1 Å². The van der Waals surface area contributed by atoms with Gasteiger partial charge in [0.25, 0.3) is 0 Å². The van der Waals surface area contributed by atoms with Crippen molar-refractivity contribution in [3.05, 3.63) is 12.2 Å². The van der Waals surface area contributed by atoms with Crippen LogP contribution in [0.5, 0.6) is 0 Å². The van der Waals surface area contributed by atoms with E-state index in [0.29, 0.717) is 11.0 Å². The van der Waals surface area contributed by atoms with E-state index >= 15 is 0 Å². The zero-order valence-electron chi connectivity index (χ0n) is 24.0. The molecule has 35 heavy (non-hydrogen) atoms. The first-order chi connectivity index (χ1) is 16.7. The van der Waals surface area contributed by atoms with Crippen LogP contribution in [0.15, 0.2) is 12.2 Å².